The molecule has 0 radical (unpaired) electrons. The molecule has 0 spiro atoms. The molecule has 5 nitrogen and oxygen atoms in total. The Kier molecular flexibility index (Phi) is 8.06. The minimum atomic E-state index is -0.848. The summed E-state index contributed by atoms with van der Waals surface area (Å²) in [7, 11) is 1.59. The number of hydrogen-bond acceptors (Lipinski definition) is 4. The van der Waals surface area contributed by atoms with Crippen LogP contribution in [0.25, 0.3) is 0 Å². The zero-order chi connectivity index (χ0) is 15.1. The van der Waals surface area contributed by atoms with E-state index in [-0.39, 0.29) is 18.8 Å². The van der Waals surface area contributed by atoms with Gasteiger partial charge in [0.25, 0.3) is 0 Å². The predicted octanol–water partition coefficient (Wildman–Crippen LogP) is 2.61. The zero-order valence-corrected chi connectivity index (χ0v) is 13.7. The van der Waals surface area contributed by atoms with Crippen molar-refractivity contribution < 1.29 is 19.4 Å². The fourth-order valence-corrected chi connectivity index (χ4v) is 2.59. The molecular formula is C16H24ClNO4. The third-order valence-corrected chi connectivity index (χ3v) is 3.70. The third-order valence-electron chi connectivity index (χ3n) is 3.70. The van der Waals surface area contributed by atoms with E-state index < -0.39 is 5.97 Å². The number of likely N-dealkylation sites (tertiary alicyclic amines) is 1. The lowest BCUT2D eigenvalue weighted by Crippen LogP contribution is -2.33. The maximum atomic E-state index is 10.8. The van der Waals surface area contributed by atoms with Gasteiger partial charge in [0, 0.05) is 6.54 Å². The number of carboxylic acid groups (broad SMARTS) is 1. The van der Waals surface area contributed by atoms with Crippen molar-refractivity contribution in [1.82, 2.24) is 4.90 Å². The van der Waals surface area contributed by atoms with Gasteiger partial charge in [-0.3, -0.25) is 9.69 Å². The first kappa shape index (κ1) is 18.6. The van der Waals surface area contributed by atoms with Crippen LogP contribution in [0, 0.1) is 0 Å². The van der Waals surface area contributed by atoms with E-state index in [9.17, 15) is 4.79 Å². The second kappa shape index (κ2) is 9.54. The summed E-state index contributed by atoms with van der Waals surface area (Å²) in [5.74, 6) is 0.412. The molecule has 1 aliphatic heterocycles. The number of benzene rings is 1. The number of hydrogen-bond donors (Lipinski definition) is 1. The third kappa shape index (κ3) is 5.73. The number of nitrogens with zero attached hydrogens (tertiary/aromatic N) is 1. The molecule has 0 aliphatic carbocycles. The fourth-order valence-electron chi connectivity index (χ4n) is 2.59. The topological polar surface area (TPSA) is 59.0 Å². The molecule has 1 N–H and O–H groups in total. The molecule has 1 fully saturated rings. The van der Waals surface area contributed by atoms with Crippen LogP contribution in [0.4, 0.5) is 0 Å². The van der Waals surface area contributed by atoms with Gasteiger partial charge >= 0.3 is 5.97 Å². The van der Waals surface area contributed by atoms with Crippen LogP contribution in [0.5, 0.6) is 11.5 Å². The van der Waals surface area contributed by atoms with Crippen molar-refractivity contribution in [3.8, 4) is 11.5 Å². The Hall–Kier alpha value is -1.46. The van der Waals surface area contributed by atoms with E-state index in [0.717, 1.165) is 25.2 Å². The Morgan fingerprint density at radius 2 is 1.95 bits per heavy atom. The number of carboxylic acids is 1. The van der Waals surface area contributed by atoms with Crippen LogP contribution in [0.2, 0.25) is 0 Å². The standard InChI is InChI=1S/C16H23NO4.ClH/c1-20-14-6-5-13(12-16(18)19)11-15(14)21-10-9-17-7-3-2-4-8-17;/h5-6,11H,2-4,7-10,12H2,1H3,(H,18,19);1H. The van der Waals surface area contributed by atoms with Crippen LogP contribution in [0.3, 0.4) is 0 Å². The highest BCUT2D eigenvalue weighted by Gasteiger charge is 2.11. The highest BCUT2D eigenvalue weighted by atomic mass is 35.5. The van der Waals surface area contributed by atoms with Gasteiger partial charge in [-0.05, 0) is 43.6 Å². The van der Waals surface area contributed by atoms with Crippen molar-refractivity contribution in [3.63, 3.8) is 0 Å². The SMILES string of the molecule is COc1ccc(CC(=O)O)cc1OCCN1CCCCC1.Cl. The lowest BCUT2D eigenvalue weighted by Gasteiger charge is -2.26. The van der Waals surface area contributed by atoms with E-state index in [4.69, 9.17) is 14.6 Å². The highest BCUT2D eigenvalue weighted by Crippen LogP contribution is 2.28. The summed E-state index contributed by atoms with van der Waals surface area (Å²) >= 11 is 0. The number of aliphatic carboxylic acids is 1. The Bertz CT molecular complexity index is 475. The van der Waals surface area contributed by atoms with Gasteiger partial charge in [0.1, 0.15) is 6.61 Å². The summed E-state index contributed by atoms with van der Waals surface area (Å²) in [6.07, 6.45) is 3.84. The van der Waals surface area contributed by atoms with Crippen LogP contribution in [0.15, 0.2) is 18.2 Å². The van der Waals surface area contributed by atoms with E-state index >= 15 is 0 Å². The zero-order valence-electron chi connectivity index (χ0n) is 12.9. The summed E-state index contributed by atoms with van der Waals surface area (Å²) in [4.78, 5) is 13.2. The summed E-state index contributed by atoms with van der Waals surface area (Å²) in [6.45, 7) is 3.76. The van der Waals surface area contributed by atoms with E-state index in [1.54, 1.807) is 25.3 Å². The summed E-state index contributed by atoms with van der Waals surface area (Å²) in [5.41, 5.74) is 0.719. The van der Waals surface area contributed by atoms with Crippen LogP contribution in [-0.2, 0) is 11.2 Å². The molecule has 1 heterocycles. The molecule has 2 rings (SSSR count). The maximum Gasteiger partial charge on any atom is 0.307 e. The second-order valence-electron chi connectivity index (χ2n) is 5.31. The highest BCUT2D eigenvalue weighted by molar-refractivity contribution is 5.85. The molecule has 0 saturated carbocycles. The molecule has 0 bridgehead atoms. The quantitative estimate of drug-likeness (QED) is 0.833. The smallest absolute Gasteiger partial charge is 0.307 e. The minimum Gasteiger partial charge on any atom is -0.493 e. The predicted molar refractivity (Wildman–Crippen MR) is 87.4 cm³/mol. The molecule has 0 atom stereocenters. The molecule has 0 unspecified atom stereocenters. The van der Waals surface area contributed by atoms with Crippen molar-refractivity contribution in [2.75, 3.05) is 33.4 Å². The van der Waals surface area contributed by atoms with E-state index in [1.807, 2.05) is 0 Å². The van der Waals surface area contributed by atoms with Crippen LogP contribution in [-0.4, -0.2) is 49.3 Å². The lowest BCUT2D eigenvalue weighted by molar-refractivity contribution is -0.136. The number of methoxy groups -OCH3 is 1. The second-order valence-corrected chi connectivity index (χ2v) is 5.31. The van der Waals surface area contributed by atoms with Crippen molar-refractivity contribution in [2.45, 2.75) is 25.7 Å². The summed E-state index contributed by atoms with van der Waals surface area (Å²) < 4.78 is 11.1. The Morgan fingerprint density at radius 3 is 2.59 bits per heavy atom. The molecule has 124 valence electrons. The van der Waals surface area contributed by atoms with Crippen molar-refractivity contribution >= 4 is 18.4 Å². The van der Waals surface area contributed by atoms with Crippen LogP contribution >= 0.6 is 12.4 Å². The number of halogens is 1. The normalized spacial score (nSPS) is 15.0. The summed E-state index contributed by atoms with van der Waals surface area (Å²) in [6, 6.07) is 5.27. The van der Waals surface area contributed by atoms with Crippen LogP contribution in [0.1, 0.15) is 24.8 Å². The average Bonchev–Trinajstić information content (AvgIpc) is 2.48. The van der Waals surface area contributed by atoms with Gasteiger partial charge in [-0.1, -0.05) is 12.5 Å². The molecule has 6 heteroatoms. The number of rotatable bonds is 7. The first-order valence-electron chi connectivity index (χ1n) is 7.43. The van der Waals surface area contributed by atoms with Crippen LogP contribution < -0.4 is 9.47 Å². The largest absolute Gasteiger partial charge is 0.493 e. The molecule has 22 heavy (non-hydrogen) atoms. The van der Waals surface area contributed by atoms with E-state index in [0.29, 0.717) is 18.1 Å². The van der Waals surface area contributed by atoms with Gasteiger partial charge in [-0.2, -0.15) is 0 Å². The molecule has 0 amide bonds. The van der Waals surface area contributed by atoms with Gasteiger partial charge in [-0.25, -0.2) is 0 Å². The number of carbonyl (C=O) groups is 1. The summed E-state index contributed by atoms with van der Waals surface area (Å²) in [5, 5.41) is 8.85. The first-order valence-corrected chi connectivity index (χ1v) is 7.43. The number of ether oxygens (including phenoxy) is 2. The molecule has 1 aromatic rings. The molecule has 0 aromatic heterocycles. The molecule has 1 aromatic carbocycles. The van der Waals surface area contributed by atoms with E-state index in [1.165, 1.54) is 19.3 Å². The minimum absolute atomic E-state index is 0. The average molecular weight is 330 g/mol. The molecule has 1 saturated heterocycles. The van der Waals surface area contributed by atoms with Gasteiger partial charge in [-0.15, -0.1) is 12.4 Å². The Morgan fingerprint density at radius 1 is 1.23 bits per heavy atom. The Balaban J connectivity index is 0.00000242. The van der Waals surface area contributed by atoms with E-state index in [2.05, 4.69) is 4.90 Å². The monoisotopic (exact) mass is 329 g/mol. The first-order chi connectivity index (χ1) is 10.2. The van der Waals surface area contributed by atoms with Crippen molar-refractivity contribution in [3.05, 3.63) is 23.8 Å². The lowest BCUT2D eigenvalue weighted by atomic mass is 10.1. The molecule has 1 aliphatic rings. The van der Waals surface area contributed by atoms with Gasteiger partial charge in [0.15, 0.2) is 11.5 Å². The van der Waals surface area contributed by atoms with Gasteiger partial charge in [0.2, 0.25) is 0 Å². The number of piperidine rings is 1. The Labute approximate surface area is 137 Å². The van der Waals surface area contributed by atoms with Crippen molar-refractivity contribution in [1.29, 1.82) is 0 Å². The fraction of sp³-hybridized carbons (Fsp3) is 0.562. The van der Waals surface area contributed by atoms with Crippen molar-refractivity contribution in [2.24, 2.45) is 0 Å². The van der Waals surface area contributed by atoms with Gasteiger partial charge < -0.3 is 14.6 Å². The van der Waals surface area contributed by atoms with Gasteiger partial charge in [0.05, 0.1) is 13.5 Å². The maximum absolute atomic E-state index is 10.8. The molecular weight excluding hydrogens is 306 g/mol.